The van der Waals surface area contributed by atoms with Crippen LogP contribution in [0.15, 0.2) is 17.2 Å². The van der Waals surface area contributed by atoms with Crippen LogP contribution in [0.2, 0.25) is 0 Å². The molecule has 2 heterocycles. The maximum atomic E-state index is 12.0. The first kappa shape index (κ1) is 13.5. The second-order valence-electron chi connectivity index (χ2n) is 4.68. The monoisotopic (exact) mass is 266 g/mol. The van der Waals surface area contributed by atoms with Gasteiger partial charge in [0.15, 0.2) is 5.82 Å². The molecular weight excluding hydrogens is 248 g/mol. The van der Waals surface area contributed by atoms with E-state index in [4.69, 9.17) is 5.11 Å². The van der Waals surface area contributed by atoms with Crippen molar-refractivity contribution < 1.29 is 9.90 Å². The number of hydrogen-bond acceptors (Lipinski definition) is 5. The van der Waals surface area contributed by atoms with E-state index < -0.39 is 5.97 Å². The summed E-state index contributed by atoms with van der Waals surface area (Å²) in [4.78, 5) is 30.7. The Kier molecular flexibility index (Phi) is 4.16. The van der Waals surface area contributed by atoms with E-state index in [9.17, 15) is 9.59 Å². The number of carboxylic acids is 1. The Labute approximate surface area is 111 Å². The van der Waals surface area contributed by atoms with Crippen molar-refractivity contribution in [2.24, 2.45) is 7.05 Å². The molecule has 2 rings (SSSR count). The molecule has 1 saturated heterocycles. The Morgan fingerprint density at radius 3 is 2.89 bits per heavy atom. The number of carboxylic acid groups (broad SMARTS) is 1. The van der Waals surface area contributed by atoms with Crippen LogP contribution in [0.1, 0.15) is 6.42 Å². The third-order valence-electron chi connectivity index (χ3n) is 3.25. The van der Waals surface area contributed by atoms with Crippen LogP contribution in [0.4, 0.5) is 5.82 Å². The van der Waals surface area contributed by atoms with Crippen molar-refractivity contribution in [1.29, 1.82) is 0 Å². The molecule has 0 aliphatic carbocycles. The lowest BCUT2D eigenvalue weighted by Gasteiger charge is -2.21. The van der Waals surface area contributed by atoms with Crippen molar-refractivity contribution in [3.8, 4) is 0 Å². The molecule has 0 saturated carbocycles. The van der Waals surface area contributed by atoms with Crippen LogP contribution in [0.25, 0.3) is 0 Å². The second-order valence-corrected chi connectivity index (χ2v) is 4.68. The summed E-state index contributed by atoms with van der Waals surface area (Å²) in [6.45, 7) is 2.76. The zero-order valence-electron chi connectivity index (χ0n) is 10.9. The first-order valence-electron chi connectivity index (χ1n) is 6.28. The quantitative estimate of drug-likeness (QED) is 0.785. The predicted molar refractivity (Wildman–Crippen MR) is 70.4 cm³/mol. The number of anilines is 1. The van der Waals surface area contributed by atoms with Gasteiger partial charge in [-0.2, -0.15) is 0 Å². The van der Waals surface area contributed by atoms with Crippen LogP contribution < -0.4 is 10.5 Å². The van der Waals surface area contributed by atoms with E-state index in [2.05, 4.69) is 4.98 Å². The number of nitrogens with zero attached hydrogens (tertiary/aromatic N) is 4. The average molecular weight is 266 g/mol. The molecular formula is C12H18N4O3. The molecule has 1 fully saturated rings. The molecule has 19 heavy (non-hydrogen) atoms. The minimum absolute atomic E-state index is 0.0497. The SMILES string of the molecule is Cn1ccnc(N2CCCN(CC(=O)O)CC2)c1=O. The van der Waals surface area contributed by atoms with E-state index in [0.717, 1.165) is 19.5 Å². The fourth-order valence-corrected chi connectivity index (χ4v) is 2.23. The summed E-state index contributed by atoms with van der Waals surface area (Å²) < 4.78 is 1.50. The smallest absolute Gasteiger partial charge is 0.317 e. The van der Waals surface area contributed by atoms with Gasteiger partial charge in [-0.25, -0.2) is 4.98 Å². The lowest BCUT2D eigenvalue weighted by Crippen LogP contribution is -2.37. The molecule has 0 unspecified atom stereocenters. The van der Waals surface area contributed by atoms with Crippen LogP contribution in [-0.2, 0) is 11.8 Å². The first-order valence-corrected chi connectivity index (χ1v) is 6.28. The highest BCUT2D eigenvalue weighted by Crippen LogP contribution is 2.08. The van der Waals surface area contributed by atoms with Crippen LogP contribution >= 0.6 is 0 Å². The third kappa shape index (κ3) is 3.31. The Hall–Kier alpha value is -1.89. The summed E-state index contributed by atoms with van der Waals surface area (Å²) >= 11 is 0. The summed E-state index contributed by atoms with van der Waals surface area (Å²) in [6.07, 6.45) is 4.06. The van der Waals surface area contributed by atoms with Crippen LogP contribution in [-0.4, -0.2) is 58.3 Å². The summed E-state index contributed by atoms with van der Waals surface area (Å²) in [5.41, 5.74) is -0.116. The number of aryl methyl sites for hydroxylation is 1. The molecule has 0 bridgehead atoms. The van der Waals surface area contributed by atoms with E-state index in [1.165, 1.54) is 4.57 Å². The van der Waals surface area contributed by atoms with E-state index in [1.54, 1.807) is 19.4 Å². The molecule has 0 spiro atoms. The maximum Gasteiger partial charge on any atom is 0.317 e. The summed E-state index contributed by atoms with van der Waals surface area (Å²) in [7, 11) is 1.70. The maximum absolute atomic E-state index is 12.0. The van der Waals surface area contributed by atoms with Crippen LogP contribution in [0.3, 0.4) is 0 Å². The molecule has 0 amide bonds. The number of aliphatic carboxylic acids is 1. The standard InChI is InChI=1S/C12H18N4O3/c1-14-6-3-13-11(12(14)19)16-5-2-4-15(7-8-16)9-10(17)18/h3,6H,2,4-5,7-9H2,1H3,(H,17,18). The van der Waals surface area contributed by atoms with Crippen molar-refractivity contribution >= 4 is 11.8 Å². The molecule has 104 valence electrons. The molecule has 1 aliphatic rings. The minimum atomic E-state index is -0.817. The Balaban J connectivity index is 2.09. The Morgan fingerprint density at radius 1 is 1.37 bits per heavy atom. The van der Waals surface area contributed by atoms with Gasteiger partial charge in [-0.05, 0) is 6.42 Å². The zero-order valence-corrected chi connectivity index (χ0v) is 10.9. The van der Waals surface area contributed by atoms with E-state index >= 15 is 0 Å². The third-order valence-corrected chi connectivity index (χ3v) is 3.25. The minimum Gasteiger partial charge on any atom is -0.480 e. The number of carbonyl (C=O) groups is 1. The van der Waals surface area contributed by atoms with Crippen LogP contribution in [0.5, 0.6) is 0 Å². The Bertz CT molecular complexity index is 514. The van der Waals surface area contributed by atoms with Crippen molar-refractivity contribution in [3.63, 3.8) is 0 Å². The van der Waals surface area contributed by atoms with Crippen molar-refractivity contribution in [1.82, 2.24) is 14.5 Å². The highest BCUT2D eigenvalue weighted by atomic mass is 16.4. The number of hydrogen-bond donors (Lipinski definition) is 1. The number of rotatable bonds is 3. The van der Waals surface area contributed by atoms with Gasteiger partial charge in [-0.1, -0.05) is 0 Å². The van der Waals surface area contributed by atoms with Gasteiger partial charge in [0.2, 0.25) is 0 Å². The number of aromatic nitrogens is 2. The van der Waals surface area contributed by atoms with E-state index in [0.29, 0.717) is 18.9 Å². The molecule has 7 nitrogen and oxygen atoms in total. The fraction of sp³-hybridized carbons (Fsp3) is 0.583. The van der Waals surface area contributed by atoms with E-state index in [-0.39, 0.29) is 12.1 Å². The fourth-order valence-electron chi connectivity index (χ4n) is 2.23. The lowest BCUT2D eigenvalue weighted by atomic mass is 10.4. The van der Waals surface area contributed by atoms with Crippen molar-refractivity contribution in [2.75, 3.05) is 37.6 Å². The Morgan fingerprint density at radius 2 is 2.16 bits per heavy atom. The largest absolute Gasteiger partial charge is 0.480 e. The van der Waals surface area contributed by atoms with Gasteiger partial charge in [-0.15, -0.1) is 0 Å². The molecule has 0 aromatic carbocycles. The molecule has 1 aliphatic heterocycles. The van der Waals surface area contributed by atoms with E-state index in [1.807, 2.05) is 9.80 Å². The van der Waals surface area contributed by atoms with Gasteiger partial charge in [0.05, 0.1) is 6.54 Å². The summed E-state index contributed by atoms with van der Waals surface area (Å²) in [5, 5.41) is 8.80. The molecule has 0 atom stereocenters. The highest BCUT2D eigenvalue weighted by molar-refractivity contribution is 5.69. The zero-order chi connectivity index (χ0) is 13.8. The first-order chi connectivity index (χ1) is 9.08. The van der Waals surface area contributed by atoms with Gasteiger partial charge >= 0.3 is 5.97 Å². The van der Waals surface area contributed by atoms with Gasteiger partial charge in [0.25, 0.3) is 5.56 Å². The molecule has 1 aromatic rings. The lowest BCUT2D eigenvalue weighted by molar-refractivity contribution is -0.138. The molecule has 1 N–H and O–H groups in total. The van der Waals surface area contributed by atoms with Crippen LogP contribution in [0, 0.1) is 0 Å². The van der Waals surface area contributed by atoms with Gasteiger partial charge < -0.3 is 14.6 Å². The van der Waals surface area contributed by atoms with Gasteiger partial charge in [-0.3, -0.25) is 14.5 Å². The average Bonchev–Trinajstić information content (AvgIpc) is 2.58. The van der Waals surface area contributed by atoms with Crippen molar-refractivity contribution in [3.05, 3.63) is 22.7 Å². The van der Waals surface area contributed by atoms with Gasteiger partial charge in [0, 0.05) is 45.6 Å². The predicted octanol–water partition coefficient (Wildman–Crippen LogP) is -0.623. The summed E-state index contributed by atoms with van der Waals surface area (Å²) in [5.74, 6) is -0.371. The summed E-state index contributed by atoms with van der Waals surface area (Å²) in [6, 6.07) is 0. The van der Waals surface area contributed by atoms with Gasteiger partial charge in [0.1, 0.15) is 0 Å². The second kappa shape index (κ2) is 5.83. The normalized spacial score (nSPS) is 17.2. The molecule has 1 aromatic heterocycles. The highest BCUT2D eigenvalue weighted by Gasteiger charge is 2.19. The molecule has 0 radical (unpaired) electrons. The molecule has 7 heteroatoms. The van der Waals surface area contributed by atoms with Crippen molar-refractivity contribution in [2.45, 2.75) is 6.42 Å². The topological polar surface area (TPSA) is 78.7 Å².